The molecule has 0 heterocycles. The van der Waals surface area contributed by atoms with Crippen molar-refractivity contribution < 1.29 is 28.1 Å². The summed E-state index contributed by atoms with van der Waals surface area (Å²) >= 11 is -0.553. The van der Waals surface area contributed by atoms with Gasteiger partial charge in [0.25, 0.3) is 0 Å². The van der Waals surface area contributed by atoms with E-state index in [4.69, 9.17) is 13.7 Å². The van der Waals surface area contributed by atoms with Crippen LogP contribution in [0.3, 0.4) is 0 Å². The van der Waals surface area contributed by atoms with Crippen molar-refractivity contribution in [1.82, 2.24) is 0 Å². The second-order valence-electron chi connectivity index (χ2n) is 11.8. The van der Waals surface area contributed by atoms with E-state index >= 15 is 0 Å². The van der Waals surface area contributed by atoms with E-state index in [1.165, 1.54) is 22.4 Å². The van der Waals surface area contributed by atoms with Gasteiger partial charge in [-0.2, -0.15) is 0 Å². The summed E-state index contributed by atoms with van der Waals surface area (Å²) in [5.74, 6) is 1.02. The van der Waals surface area contributed by atoms with Crippen molar-refractivity contribution in [3.05, 3.63) is 65.2 Å². The Morgan fingerprint density at radius 3 is 1.41 bits per heavy atom. The van der Waals surface area contributed by atoms with Crippen LogP contribution < -0.4 is 0 Å². The van der Waals surface area contributed by atoms with Gasteiger partial charge in [-0.1, -0.05) is 0 Å². The predicted octanol–water partition coefficient (Wildman–Crippen LogP) is 8.17. The van der Waals surface area contributed by atoms with Crippen LogP contribution in [0, 0.1) is 0 Å². The minimum atomic E-state index is -0.553. The molecule has 2 N–H and O–H groups in total. The van der Waals surface area contributed by atoms with Crippen molar-refractivity contribution in [2.75, 3.05) is 0 Å². The van der Waals surface area contributed by atoms with E-state index in [0.29, 0.717) is 11.8 Å². The number of benzene rings is 2. The van der Waals surface area contributed by atoms with Crippen molar-refractivity contribution in [2.45, 2.75) is 112 Å². The topological polar surface area (TPSA) is 52.8 Å². The Hall–Kier alpha value is -1.28. The number of rotatable bonds is 5. The Bertz CT molecular complexity index is 861. The van der Waals surface area contributed by atoms with Gasteiger partial charge < -0.3 is 10.2 Å². The van der Waals surface area contributed by atoms with Gasteiger partial charge in [-0.05, 0) is 41.5 Å². The SMILES string of the molecule is CC(C)(C)O.CC(C)(C)O.CC(C)c1cccc(C(C)C)c1[N]=[Mo]=[CH]C(C)(C)c1ccccc1. The molecule has 192 valence electrons. The van der Waals surface area contributed by atoms with Crippen LogP contribution >= 0.6 is 0 Å². The molecule has 0 aliphatic heterocycles. The van der Waals surface area contributed by atoms with Crippen LogP contribution in [0.15, 0.2) is 52.0 Å². The fourth-order valence-electron chi connectivity index (χ4n) is 2.76. The molecule has 2 aromatic rings. The van der Waals surface area contributed by atoms with Gasteiger partial charge >= 0.3 is 156 Å². The normalized spacial score (nSPS) is 11.8. The summed E-state index contributed by atoms with van der Waals surface area (Å²) in [6.07, 6.45) is 0. The van der Waals surface area contributed by atoms with Crippen LogP contribution in [-0.2, 0) is 23.3 Å². The zero-order valence-corrected chi connectivity index (χ0v) is 25.6. The zero-order chi connectivity index (χ0) is 26.7. The minimum absolute atomic E-state index is 0.0811. The number of nitrogens with zero attached hydrogens (tertiary/aromatic N) is 1. The molecular formula is C30H49MoNO2. The molecule has 3 nitrogen and oxygen atoms in total. The quantitative estimate of drug-likeness (QED) is 0.368. The van der Waals surface area contributed by atoms with Gasteiger partial charge in [0.1, 0.15) is 0 Å². The van der Waals surface area contributed by atoms with Crippen molar-refractivity contribution in [2.24, 2.45) is 3.50 Å². The molecule has 0 fully saturated rings. The van der Waals surface area contributed by atoms with Gasteiger partial charge in [0, 0.05) is 0 Å². The van der Waals surface area contributed by atoms with Crippen LogP contribution in [-0.4, -0.2) is 25.8 Å². The summed E-state index contributed by atoms with van der Waals surface area (Å²) in [6, 6.07) is 17.4. The number of hydrogen-bond acceptors (Lipinski definition) is 3. The van der Waals surface area contributed by atoms with E-state index in [-0.39, 0.29) is 5.41 Å². The summed E-state index contributed by atoms with van der Waals surface area (Å²) in [5.41, 5.74) is 4.48. The molecule has 0 bridgehead atoms. The summed E-state index contributed by atoms with van der Waals surface area (Å²) in [5, 5.41) is 17.0. The Labute approximate surface area is 217 Å². The second-order valence-corrected chi connectivity index (χ2v) is 13.4. The third-order valence-electron chi connectivity index (χ3n) is 4.35. The molecule has 2 rings (SSSR count). The van der Waals surface area contributed by atoms with Gasteiger partial charge in [0.05, 0.1) is 11.2 Å². The van der Waals surface area contributed by atoms with E-state index in [9.17, 15) is 0 Å². The Morgan fingerprint density at radius 2 is 1.06 bits per heavy atom. The summed E-state index contributed by atoms with van der Waals surface area (Å²) in [7, 11) is 0. The Kier molecular flexibility index (Phi) is 13.8. The van der Waals surface area contributed by atoms with Crippen molar-refractivity contribution in [3.63, 3.8) is 0 Å². The maximum absolute atomic E-state index is 8.52. The van der Waals surface area contributed by atoms with Gasteiger partial charge in [0.15, 0.2) is 0 Å². The maximum atomic E-state index is 8.52. The number of hydrogen-bond donors (Lipinski definition) is 2. The zero-order valence-electron chi connectivity index (χ0n) is 23.6. The molecule has 4 heteroatoms. The third-order valence-corrected chi connectivity index (χ3v) is 6.77. The Balaban J connectivity index is 0.000000916. The molecule has 0 radical (unpaired) electrons. The molecule has 0 aliphatic rings. The van der Waals surface area contributed by atoms with Crippen LogP contribution in [0.2, 0.25) is 0 Å². The standard InChI is InChI=1S/C12H17N.C10H12.2C4H10O.Mo/c1-8(2)10-6-5-7-11(9(3)4)12(10)13;1-10(2,3)9-7-5-4-6-8-9;2*1-4(2,3)5;/h5-9H,1-4H3;1,4-8H,2-3H3;2*5H,1-3H3;. The first kappa shape index (κ1) is 32.7. The summed E-state index contributed by atoms with van der Waals surface area (Å²) < 4.78 is 7.59. The van der Waals surface area contributed by atoms with Crippen molar-refractivity contribution in [3.8, 4) is 0 Å². The van der Waals surface area contributed by atoms with Crippen molar-refractivity contribution >= 4 is 10.1 Å². The van der Waals surface area contributed by atoms with Crippen molar-refractivity contribution in [1.29, 1.82) is 0 Å². The van der Waals surface area contributed by atoms with Crippen LogP contribution in [0.25, 0.3) is 0 Å². The molecular weight excluding hydrogens is 502 g/mol. The number of aliphatic hydroxyl groups is 2. The molecule has 0 amide bonds. The third kappa shape index (κ3) is 15.6. The molecule has 0 saturated carbocycles. The molecule has 0 spiro atoms. The first-order valence-corrected chi connectivity index (χ1v) is 14.2. The van der Waals surface area contributed by atoms with Gasteiger partial charge in [-0.25, -0.2) is 0 Å². The van der Waals surface area contributed by atoms with E-state index in [1.54, 1.807) is 41.5 Å². The first-order chi connectivity index (χ1) is 15.3. The average Bonchev–Trinajstić information content (AvgIpc) is 2.65. The second kappa shape index (κ2) is 14.3. The monoisotopic (exact) mass is 553 g/mol. The summed E-state index contributed by atoms with van der Waals surface area (Å²) in [6.45, 7) is 24.1. The molecule has 2 aromatic carbocycles. The Morgan fingerprint density at radius 1 is 0.676 bits per heavy atom. The van der Waals surface area contributed by atoms with E-state index in [2.05, 4.69) is 94.5 Å². The molecule has 0 atom stereocenters. The van der Waals surface area contributed by atoms with Crippen LogP contribution in [0.1, 0.15) is 112 Å². The summed E-state index contributed by atoms with van der Waals surface area (Å²) in [4.78, 5) is 0. The van der Waals surface area contributed by atoms with Crippen LogP contribution in [0.5, 0.6) is 0 Å². The average molecular weight is 552 g/mol. The van der Waals surface area contributed by atoms with E-state index in [0.717, 1.165) is 0 Å². The van der Waals surface area contributed by atoms with Gasteiger partial charge in [-0.15, -0.1) is 0 Å². The molecule has 0 aliphatic carbocycles. The first-order valence-electron chi connectivity index (χ1n) is 12.2. The fourth-order valence-corrected chi connectivity index (χ4v) is 4.65. The molecule has 0 saturated heterocycles. The fraction of sp³-hybridized carbons (Fsp3) is 0.567. The van der Waals surface area contributed by atoms with E-state index < -0.39 is 29.1 Å². The molecule has 0 aromatic heterocycles. The predicted molar refractivity (Wildman–Crippen MR) is 146 cm³/mol. The van der Waals surface area contributed by atoms with E-state index in [1.807, 2.05) is 0 Å². The van der Waals surface area contributed by atoms with Gasteiger partial charge in [0.2, 0.25) is 0 Å². The van der Waals surface area contributed by atoms with Crippen LogP contribution in [0.4, 0.5) is 5.69 Å². The van der Waals surface area contributed by atoms with Gasteiger partial charge in [-0.3, -0.25) is 0 Å². The molecule has 34 heavy (non-hydrogen) atoms. The molecule has 0 unspecified atom stereocenters.